The average Bonchev–Trinajstić information content (AvgIpc) is 2.90. The molecule has 1 aromatic rings. The predicted molar refractivity (Wildman–Crippen MR) is 97.3 cm³/mol. The number of nitrogens with zero attached hydrogens (tertiary/aromatic N) is 1. The zero-order valence-corrected chi connectivity index (χ0v) is 15.8. The van der Waals surface area contributed by atoms with Crippen LogP contribution in [0.15, 0.2) is 30.3 Å². The number of ether oxygens (including phenoxy) is 1. The number of hydrogen-bond acceptors (Lipinski definition) is 4. The van der Waals surface area contributed by atoms with Crippen molar-refractivity contribution in [3.05, 3.63) is 35.9 Å². The first-order valence-corrected chi connectivity index (χ1v) is 8.52. The number of carboxylic acids is 1. The van der Waals surface area contributed by atoms with Crippen molar-refractivity contribution in [2.75, 3.05) is 6.54 Å². The molecular formula is C19H30N2O4. The van der Waals surface area contributed by atoms with Gasteiger partial charge in [0.15, 0.2) is 0 Å². The molecule has 0 spiro atoms. The van der Waals surface area contributed by atoms with Crippen molar-refractivity contribution in [2.24, 2.45) is 5.73 Å². The number of likely N-dealkylation sites (tertiary alicyclic amines) is 1. The molecule has 0 aliphatic carbocycles. The number of hydrogen-bond donors (Lipinski definition) is 2. The minimum atomic E-state index is -1.12. The van der Waals surface area contributed by atoms with Gasteiger partial charge < -0.3 is 15.6 Å². The first-order chi connectivity index (χ1) is 11.5. The molecule has 140 valence electrons. The maximum absolute atomic E-state index is 11.8. The summed E-state index contributed by atoms with van der Waals surface area (Å²) in [7, 11) is 0. The summed E-state index contributed by atoms with van der Waals surface area (Å²) >= 11 is 0. The van der Waals surface area contributed by atoms with Gasteiger partial charge in [0, 0.05) is 12.6 Å². The second-order valence-corrected chi connectivity index (χ2v) is 7.51. The summed E-state index contributed by atoms with van der Waals surface area (Å²) in [5.74, 6) is -0.976. The molecule has 2 atom stereocenters. The third kappa shape index (κ3) is 6.05. The van der Waals surface area contributed by atoms with E-state index in [-0.39, 0.29) is 6.04 Å². The summed E-state index contributed by atoms with van der Waals surface area (Å²) in [6.45, 7) is 9.27. The van der Waals surface area contributed by atoms with Gasteiger partial charge in [0.05, 0.1) is 0 Å². The Balaban J connectivity index is 0.000000293. The topological polar surface area (TPSA) is 92.9 Å². The summed E-state index contributed by atoms with van der Waals surface area (Å²) in [5, 5.41) is 9.14. The van der Waals surface area contributed by atoms with Gasteiger partial charge >= 0.3 is 12.1 Å². The van der Waals surface area contributed by atoms with Gasteiger partial charge in [-0.25, -0.2) is 9.59 Å². The third-order valence-corrected chi connectivity index (χ3v) is 4.04. The maximum atomic E-state index is 11.8. The van der Waals surface area contributed by atoms with E-state index < -0.39 is 23.2 Å². The predicted octanol–water partition coefficient (Wildman–Crippen LogP) is 3.57. The van der Waals surface area contributed by atoms with Crippen molar-refractivity contribution in [2.45, 2.75) is 64.6 Å². The lowest BCUT2D eigenvalue weighted by Gasteiger charge is -2.32. The molecule has 2 rings (SSSR count). The monoisotopic (exact) mass is 350 g/mol. The molecule has 3 N–H and O–H groups in total. The molecule has 25 heavy (non-hydrogen) atoms. The van der Waals surface area contributed by atoms with Crippen LogP contribution < -0.4 is 5.73 Å². The second-order valence-electron chi connectivity index (χ2n) is 7.51. The number of carboxylic acid groups (broad SMARTS) is 1. The highest BCUT2D eigenvalue weighted by Gasteiger charge is 2.47. The minimum Gasteiger partial charge on any atom is -0.480 e. The number of aliphatic carboxylic acids is 1. The molecule has 1 aliphatic rings. The summed E-state index contributed by atoms with van der Waals surface area (Å²) < 4.78 is 5.19. The van der Waals surface area contributed by atoms with Crippen molar-refractivity contribution < 1.29 is 19.4 Å². The Kier molecular flexibility index (Phi) is 6.99. The third-order valence-electron chi connectivity index (χ3n) is 4.04. The average molecular weight is 350 g/mol. The van der Waals surface area contributed by atoms with E-state index >= 15 is 0 Å². The fraction of sp³-hybridized carbons (Fsp3) is 0.579. The normalized spacial score (nSPS) is 21.1. The van der Waals surface area contributed by atoms with E-state index in [0.717, 1.165) is 0 Å². The second kappa shape index (κ2) is 8.34. The Labute approximate surface area is 150 Å². The maximum Gasteiger partial charge on any atom is 0.411 e. The summed E-state index contributed by atoms with van der Waals surface area (Å²) in [6, 6.07) is 10.2. The lowest BCUT2D eigenvalue weighted by atomic mass is 10.00. The van der Waals surface area contributed by atoms with Crippen LogP contribution >= 0.6 is 0 Å². The fourth-order valence-electron chi connectivity index (χ4n) is 2.55. The molecule has 1 aromatic carbocycles. The molecule has 6 heteroatoms. The van der Waals surface area contributed by atoms with Gasteiger partial charge in [0.2, 0.25) is 0 Å². The van der Waals surface area contributed by atoms with Crippen molar-refractivity contribution in [3.63, 3.8) is 0 Å². The van der Waals surface area contributed by atoms with E-state index in [4.69, 9.17) is 15.6 Å². The standard InChI is InChI=1S/C11H19NO4.C8H11N/c1-10(2,3)16-9(15)12-7-5-6-11(12,4)8(13)14;1-7(9)8-5-3-2-4-6-8/h5-7H2,1-4H3,(H,13,14);2-7H,9H2,1H3/t11-;7-/m11/s1. The van der Waals surface area contributed by atoms with E-state index in [1.807, 2.05) is 37.3 Å². The molecule has 1 heterocycles. The van der Waals surface area contributed by atoms with Crippen LogP contribution in [0.4, 0.5) is 4.79 Å². The number of carbonyl (C=O) groups excluding carboxylic acids is 1. The van der Waals surface area contributed by atoms with Crippen molar-refractivity contribution in [3.8, 4) is 0 Å². The van der Waals surface area contributed by atoms with Crippen LogP contribution in [0.3, 0.4) is 0 Å². The fourth-order valence-corrected chi connectivity index (χ4v) is 2.55. The van der Waals surface area contributed by atoms with Gasteiger partial charge in [-0.15, -0.1) is 0 Å². The Hall–Kier alpha value is -2.08. The van der Waals surface area contributed by atoms with Gasteiger partial charge in [0.25, 0.3) is 0 Å². The summed E-state index contributed by atoms with van der Waals surface area (Å²) in [4.78, 5) is 24.3. The smallest absolute Gasteiger partial charge is 0.411 e. The zero-order chi connectivity index (χ0) is 19.3. The van der Waals surface area contributed by atoms with E-state index in [2.05, 4.69) is 0 Å². The number of rotatable bonds is 2. The van der Waals surface area contributed by atoms with Gasteiger partial charge in [-0.3, -0.25) is 4.90 Å². The first kappa shape index (κ1) is 21.0. The highest BCUT2D eigenvalue weighted by Crippen LogP contribution is 2.30. The van der Waals surface area contributed by atoms with Gasteiger partial charge in [-0.05, 0) is 53.0 Å². The molecule has 0 saturated carbocycles. The van der Waals surface area contributed by atoms with Crippen molar-refractivity contribution in [1.29, 1.82) is 0 Å². The van der Waals surface area contributed by atoms with Crippen molar-refractivity contribution in [1.82, 2.24) is 4.90 Å². The van der Waals surface area contributed by atoms with Crippen LogP contribution in [0.2, 0.25) is 0 Å². The molecule has 0 aromatic heterocycles. The quantitative estimate of drug-likeness (QED) is 0.850. The Morgan fingerprint density at radius 2 is 1.84 bits per heavy atom. The first-order valence-electron chi connectivity index (χ1n) is 8.52. The minimum absolute atomic E-state index is 0.159. The highest BCUT2D eigenvalue weighted by molar-refractivity contribution is 5.84. The van der Waals surface area contributed by atoms with E-state index in [1.54, 1.807) is 27.7 Å². The lowest BCUT2D eigenvalue weighted by molar-refractivity contribution is -0.148. The molecule has 1 amide bonds. The van der Waals surface area contributed by atoms with Crippen LogP contribution in [0, 0.1) is 0 Å². The Bertz CT molecular complexity index is 581. The molecular weight excluding hydrogens is 320 g/mol. The lowest BCUT2D eigenvalue weighted by Crippen LogP contribution is -2.52. The molecule has 1 aliphatic heterocycles. The van der Waals surface area contributed by atoms with Gasteiger partial charge in [0.1, 0.15) is 11.1 Å². The van der Waals surface area contributed by atoms with Crippen LogP contribution in [0.25, 0.3) is 0 Å². The molecule has 1 fully saturated rings. The number of benzene rings is 1. The number of nitrogens with two attached hydrogens (primary N) is 1. The summed E-state index contributed by atoms with van der Waals surface area (Å²) in [5.41, 5.74) is 5.09. The number of carbonyl (C=O) groups is 2. The van der Waals surface area contributed by atoms with Crippen LogP contribution in [-0.4, -0.2) is 39.8 Å². The van der Waals surface area contributed by atoms with Crippen LogP contribution in [0.5, 0.6) is 0 Å². The van der Waals surface area contributed by atoms with E-state index in [0.29, 0.717) is 19.4 Å². The van der Waals surface area contributed by atoms with Gasteiger partial charge in [-0.1, -0.05) is 30.3 Å². The van der Waals surface area contributed by atoms with E-state index in [9.17, 15) is 9.59 Å². The summed E-state index contributed by atoms with van der Waals surface area (Å²) in [6.07, 6.45) is 0.624. The molecule has 0 bridgehead atoms. The van der Waals surface area contributed by atoms with Crippen LogP contribution in [0.1, 0.15) is 59.1 Å². The number of amides is 1. The van der Waals surface area contributed by atoms with Crippen LogP contribution in [-0.2, 0) is 9.53 Å². The Morgan fingerprint density at radius 1 is 1.28 bits per heavy atom. The van der Waals surface area contributed by atoms with Gasteiger partial charge in [-0.2, -0.15) is 0 Å². The van der Waals surface area contributed by atoms with Crippen molar-refractivity contribution >= 4 is 12.1 Å². The highest BCUT2D eigenvalue weighted by atomic mass is 16.6. The molecule has 0 radical (unpaired) electrons. The Morgan fingerprint density at radius 3 is 2.24 bits per heavy atom. The SMILES string of the molecule is CC(C)(C)OC(=O)N1CCC[C@]1(C)C(=O)O.C[C@@H](N)c1ccccc1. The molecule has 0 unspecified atom stereocenters. The molecule has 6 nitrogen and oxygen atoms in total. The molecule has 1 saturated heterocycles. The largest absolute Gasteiger partial charge is 0.480 e. The van der Waals surface area contributed by atoms with E-state index in [1.165, 1.54) is 10.5 Å². The zero-order valence-electron chi connectivity index (χ0n) is 15.8.